The van der Waals surface area contributed by atoms with Crippen LogP contribution in [0.1, 0.15) is 23.0 Å². The number of hydrogen-bond donors (Lipinski definition) is 1. The van der Waals surface area contributed by atoms with Gasteiger partial charge in [0.2, 0.25) is 6.54 Å². The minimum atomic E-state index is -0.380. The summed E-state index contributed by atoms with van der Waals surface area (Å²) in [6.07, 6.45) is 1.83. The lowest BCUT2D eigenvalue weighted by atomic mass is 9.96. The molecule has 0 fully saturated rings. The molecule has 2 heterocycles. The van der Waals surface area contributed by atoms with Crippen molar-refractivity contribution >= 4 is 10.9 Å². The first kappa shape index (κ1) is 12.5. The highest BCUT2D eigenvalue weighted by atomic mass is 16.6. The second kappa shape index (κ2) is 4.85. The molecule has 5 heteroatoms. The van der Waals surface area contributed by atoms with Gasteiger partial charge < -0.3 is 9.40 Å². The molecular formula is C15H14N2O3. The van der Waals surface area contributed by atoms with Gasteiger partial charge in [-0.05, 0) is 30.7 Å². The lowest BCUT2D eigenvalue weighted by molar-refractivity contribution is -0.482. The van der Waals surface area contributed by atoms with Crippen molar-refractivity contribution in [3.63, 3.8) is 0 Å². The van der Waals surface area contributed by atoms with Crippen molar-refractivity contribution in [1.82, 2.24) is 4.98 Å². The molecule has 0 unspecified atom stereocenters. The third-order valence-electron chi connectivity index (χ3n) is 3.43. The molecule has 0 radical (unpaired) electrons. The molecule has 3 rings (SSSR count). The molecule has 0 aliphatic carbocycles. The van der Waals surface area contributed by atoms with Crippen LogP contribution in [-0.2, 0) is 0 Å². The number of furan rings is 1. The number of H-pyrrole nitrogens is 1. The van der Waals surface area contributed by atoms with E-state index in [0.29, 0.717) is 5.76 Å². The van der Waals surface area contributed by atoms with Crippen LogP contribution in [0.2, 0.25) is 0 Å². The number of fused-ring (bicyclic) bond motifs is 1. The molecule has 1 N–H and O–H groups in total. The van der Waals surface area contributed by atoms with Crippen molar-refractivity contribution < 1.29 is 9.34 Å². The van der Waals surface area contributed by atoms with Crippen molar-refractivity contribution in [2.24, 2.45) is 0 Å². The van der Waals surface area contributed by atoms with Gasteiger partial charge in [-0.25, -0.2) is 0 Å². The summed E-state index contributed by atoms with van der Waals surface area (Å²) in [6, 6.07) is 11.4. The van der Waals surface area contributed by atoms with Gasteiger partial charge in [-0.1, -0.05) is 18.2 Å². The van der Waals surface area contributed by atoms with Crippen molar-refractivity contribution in [2.75, 3.05) is 6.54 Å². The second-order valence-electron chi connectivity index (χ2n) is 4.81. The van der Waals surface area contributed by atoms with Crippen LogP contribution < -0.4 is 0 Å². The van der Waals surface area contributed by atoms with E-state index in [9.17, 15) is 10.1 Å². The molecule has 0 aliphatic heterocycles. The Labute approximate surface area is 115 Å². The maximum absolute atomic E-state index is 11.0. The summed E-state index contributed by atoms with van der Waals surface area (Å²) in [5, 5.41) is 12.0. The molecule has 102 valence electrons. The molecule has 0 bridgehead atoms. The topological polar surface area (TPSA) is 72.1 Å². The zero-order chi connectivity index (χ0) is 14.1. The molecule has 0 aliphatic rings. The minimum Gasteiger partial charge on any atom is -0.465 e. The van der Waals surface area contributed by atoms with Crippen LogP contribution in [0.25, 0.3) is 10.9 Å². The smallest absolute Gasteiger partial charge is 0.217 e. The van der Waals surface area contributed by atoms with Gasteiger partial charge in [-0.3, -0.25) is 10.1 Å². The number of nitro groups is 1. The molecular weight excluding hydrogens is 256 g/mol. The van der Waals surface area contributed by atoms with E-state index in [4.69, 9.17) is 4.42 Å². The summed E-state index contributed by atoms with van der Waals surface area (Å²) in [7, 11) is 0. The summed E-state index contributed by atoms with van der Waals surface area (Å²) in [4.78, 5) is 13.8. The number of aromatic amines is 1. The van der Waals surface area contributed by atoms with Crippen molar-refractivity contribution in [1.29, 1.82) is 0 Å². The Morgan fingerprint density at radius 1 is 1.30 bits per heavy atom. The van der Waals surface area contributed by atoms with Crippen molar-refractivity contribution in [3.05, 3.63) is 69.8 Å². The van der Waals surface area contributed by atoms with Gasteiger partial charge in [0.05, 0.1) is 0 Å². The Morgan fingerprint density at radius 3 is 2.80 bits per heavy atom. The largest absolute Gasteiger partial charge is 0.465 e. The highest BCUT2D eigenvalue weighted by molar-refractivity contribution is 5.84. The Hall–Kier alpha value is -2.56. The van der Waals surface area contributed by atoms with Crippen LogP contribution in [0.5, 0.6) is 0 Å². The van der Waals surface area contributed by atoms with Crippen LogP contribution in [0.15, 0.2) is 47.0 Å². The van der Waals surface area contributed by atoms with Gasteiger partial charge in [0.1, 0.15) is 17.4 Å². The third kappa shape index (κ3) is 2.18. The monoisotopic (exact) mass is 270 g/mol. The SMILES string of the molecule is Cc1ccc([C@@H](C[N+](=O)[O-])c2c[nH]c3ccccc23)o1. The molecule has 2 aromatic heterocycles. The van der Waals surface area contributed by atoms with Gasteiger partial charge >= 0.3 is 0 Å². The van der Waals surface area contributed by atoms with Gasteiger partial charge in [-0.15, -0.1) is 0 Å². The number of hydrogen-bond acceptors (Lipinski definition) is 3. The van der Waals surface area contributed by atoms with Gasteiger partial charge in [0, 0.05) is 22.0 Å². The molecule has 0 amide bonds. The summed E-state index contributed by atoms with van der Waals surface area (Å²) in [5.41, 5.74) is 1.87. The predicted molar refractivity (Wildman–Crippen MR) is 75.4 cm³/mol. The fourth-order valence-corrected chi connectivity index (χ4v) is 2.51. The van der Waals surface area contributed by atoms with E-state index in [0.717, 1.165) is 22.2 Å². The molecule has 0 spiro atoms. The zero-order valence-corrected chi connectivity index (χ0v) is 11.0. The number of rotatable bonds is 4. The average molecular weight is 270 g/mol. The first-order valence-electron chi connectivity index (χ1n) is 6.39. The molecule has 3 aromatic rings. The summed E-state index contributed by atoms with van der Waals surface area (Å²) < 4.78 is 5.60. The molecule has 0 saturated carbocycles. The predicted octanol–water partition coefficient (Wildman–Crippen LogP) is 3.48. The van der Waals surface area contributed by atoms with Crippen molar-refractivity contribution in [2.45, 2.75) is 12.8 Å². The molecule has 1 atom stereocenters. The lowest BCUT2D eigenvalue weighted by Gasteiger charge is -2.09. The van der Waals surface area contributed by atoms with Gasteiger partial charge in [0.15, 0.2) is 0 Å². The number of nitrogens with zero attached hydrogens (tertiary/aromatic N) is 1. The Kier molecular flexibility index (Phi) is 3.02. The molecule has 1 aromatic carbocycles. The number of aromatic nitrogens is 1. The molecule has 20 heavy (non-hydrogen) atoms. The van der Waals surface area contributed by atoms with Crippen LogP contribution >= 0.6 is 0 Å². The standard InChI is InChI=1S/C15H14N2O3/c1-10-6-7-15(20-10)13(9-17(18)19)12-8-16-14-5-3-2-4-11(12)14/h2-8,13,16H,9H2,1H3/t13-/m0/s1. The van der Waals surface area contributed by atoms with Crippen molar-refractivity contribution in [3.8, 4) is 0 Å². The van der Waals surface area contributed by atoms with E-state index >= 15 is 0 Å². The Bertz CT molecular complexity index is 757. The fraction of sp³-hybridized carbons (Fsp3) is 0.200. The zero-order valence-electron chi connectivity index (χ0n) is 11.0. The minimum absolute atomic E-state index is 0.186. The average Bonchev–Trinajstić information content (AvgIpc) is 3.02. The number of para-hydroxylation sites is 1. The highest BCUT2D eigenvalue weighted by Gasteiger charge is 2.25. The van der Waals surface area contributed by atoms with E-state index in [1.165, 1.54) is 0 Å². The Morgan fingerprint density at radius 2 is 2.10 bits per heavy atom. The van der Waals surface area contributed by atoms with E-state index in [-0.39, 0.29) is 17.4 Å². The van der Waals surface area contributed by atoms with E-state index < -0.39 is 0 Å². The maximum Gasteiger partial charge on any atom is 0.217 e. The van der Waals surface area contributed by atoms with Gasteiger partial charge in [0.25, 0.3) is 0 Å². The lowest BCUT2D eigenvalue weighted by Crippen LogP contribution is -2.13. The highest BCUT2D eigenvalue weighted by Crippen LogP contribution is 2.31. The summed E-state index contributed by atoms with van der Waals surface area (Å²) in [5.74, 6) is 1.01. The molecule has 5 nitrogen and oxygen atoms in total. The van der Waals surface area contributed by atoms with Crippen LogP contribution in [0.3, 0.4) is 0 Å². The van der Waals surface area contributed by atoms with E-state index in [1.54, 1.807) is 0 Å². The summed E-state index contributed by atoms with van der Waals surface area (Å²) in [6.45, 7) is 1.65. The number of aryl methyl sites for hydroxylation is 1. The van der Waals surface area contributed by atoms with Crippen LogP contribution in [0, 0.1) is 17.0 Å². The third-order valence-corrected chi connectivity index (χ3v) is 3.43. The van der Waals surface area contributed by atoms with Crippen LogP contribution in [0.4, 0.5) is 0 Å². The normalized spacial score (nSPS) is 12.7. The van der Waals surface area contributed by atoms with E-state index in [1.807, 2.05) is 49.5 Å². The van der Waals surface area contributed by atoms with E-state index in [2.05, 4.69) is 4.98 Å². The van der Waals surface area contributed by atoms with Crippen LogP contribution in [-0.4, -0.2) is 16.5 Å². The molecule has 0 saturated heterocycles. The number of nitrogens with one attached hydrogen (secondary N) is 1. The Balaban J connectivity index is 2.11. The fourth-order valence-electron chi connectivity index (χ4n) is 2.51. The second-order valence-corrected chi connectivity index (χ2v) is 4.81. The maximum atomic E-state index is 11.0. The first-order valence-corrected chi connectivity index (χ1v) is 6.39. The summed E-state index contributed by atoms with van der Waals surface area (Å²) >= 11 is 0. The quantitative estimate of drug-likeness (QED) is 0.582. The first-order chi connectivity index (χ1) is 9.65. The van der Waals surface area contributed by atoms with Gasteiger partial charge in [-0.2, -0.15) is 0 Å². The number of benzene rings is 1.